The number of oxazole rings is 1. The van der Waals surface area contributed by atoms with Crippen LogP contribution < -0.4 is 5.73 Å². The van der Waals surface area contributed by atoms with Crippen molar-refractivity contribution in [3.05, 3.63) is 29.7 Å². The average Bonchev–Trinajstić information content (AvgIpc) is 2.58. The van der Waals surface area contributed by atoms with Crippen LogP contribution in [-0.2, 0) is 0 Å². The van der Waals surface area contributed by atoms with Crippen molar-refractivity contribution < 1.29 is 4.42 Å². The SMILES string of the molecule is Cc1ccc2nc(C(C)C(C)N)oc2c1. The predicted molar refractivity (Wildman–Crippen MR) is 60.8 cm³/mol. The zero-order chi connectivity index (χ0) is 11.0. The quantitative estimate of drug-likeness (QED) is 0.818. The van der Waals surface area contributed by atoms with Crippen LogP contribution in [0.2, 0.25) is 0 Å². The van der Waals surface area contributed by atoms with Crippen LogP contribution in [0.3, 0.4) is 0 Å². The molecule has 2 rings (SSSR count). The van der Waals surface area contributed by atoms with Gasteiger partial charge in [-0.3, -0.25) is 0 Å². The lowest BCUT2D eigenvalue weighted by atomic mass is 10.1. The second kappa shape index (κ2) is 3.66. The largest absolute Gasteiger partial charge is 0.440 e. The Labute approximate surface area is 89.3 Å². The van der Waals surface area contributed by atoms with Crippen LogP contribution in [0.4, 0.5) is 0 Å². The average molecular weight is 204 g/mol. The van der Waals surface area contributed by atoms with Gasteiger partial charge in [-0.1, -0.05) is 13.0 Å². The van der Waals surface area contributed by atoms with Crippen molar-refractivity contribution in [3.8, 4) is 0 Å². The summed E-state index contributed by atoms with van der Waals surface area (Å²) in [5, 5.41) is 0. The van der Waals surface area contributed by atoms with E-state index < -0.39 is 0 Å². The summed E-state index contributed by atoms with van der Waals surface area (Å²) in [7, 11) is 0. The number of hydrogen-bond acceptors (Lipinski definition) is 3. The van der Waals surface area contributed by atoms with Crippen LogP contribution >= 0.6 is 0 Å². The van der Waals surface area contributed by atoms with Gasteiger partial charge in [-0.15, -0.1) is 0 Å². The minimum atomic E-state index is 0.0548. The van der Waals surface area contributed by atoms with Crippen molar-refractivity contribution in [3.63, 3.8) is 0 Å². The van der Waals surface area contributed by atoms with E-state index in [1.807, 2.05) is 39.0 Å². The van der Waals surface area contributed by atoms with E-state index in [0.717, 1.165) is 17.0 Å². The molecule has 0 spiro atoms. The van der Waals surface area contributed by atoms with Gasteiger partial charge in [-0.05, 0) is 31.5 Å². The Balaban J connectivity index is 2.47. The molecular formula is C12H16N2O. The molecule has 0 fully saturated rings. The number of hydrogen-bond donors (Lipinski definition) is 1. The van der Waals surface area contributed by atoms with E-state index in [0.29, 0.717) is 0 Å². The fourth-order valence-corrected chi connectivity index (χ4v) is 1.47. The first-order valence-electron chi connectivity index (χ1n) is 5.20. The Morgan fingerprint density at radius 1 is 1.33 bits per heavy atom. The Hall–Kier alpha value is -1.35. The molecule has 3 nitrogen and oxygen atoms in total. The maximum absolute atomic E-state index is 5.82. The fraction of sp³-hybridized carbons (Fsp3) is 0.417. The lowest BCUT2D eigenvalue weighted by molar-refractivity contribution is 0.451. The van der Waals surface area contributed by atoms with E-state index in [4.69, 9.17) is 10.2 Å². The van der Waals surface area contributed by atoms with Crippen LogP contribution in [0.5, 0.6) is 0 Å². The van der Waals surface area contributed by atoms with E-state index in [2.05, 4.69) is 4.98 Å². The number of nitrogens with zero attached hydrogens (tertiary/aromatic N) is 1. The van der Waals surface area contributed by atoms with Crippen LogP contribution in [0.15, 0.2) is 22.6 Å². The molecule has 0 aliphatic heterocycles. The Morgan fingerprint density at radius 2 is 2.07 bits per heavy atom. The van der Waals surface area contributed by atoms with Gasteiger partial charge >= 0.3 is 0 Å². The maximum Gasteiger partial charge on any atom is 0.199 e. The van der Waals surface area contributed by atoms with E-state index in [9.17, 15) is 0 Å². The second-order valence-electron chi connectivity index (χ2n) is 4.17. The smallest absolute Gasteiger partial charge is 0.199 e. The molecule has 1 aromatic heterocycles. The third-order valence-electron chi connectivity index (χ3n) is 2.74. The van der Waals surface area contributed by atoms with Gasteiger partial charge in [0.1, 0.15) is 5.52 Å². The molecule has 15 heavy (non-hydrogen) atoms. The summed E-state index contributed by atoms with van der Waals surface area (Å²) in [6.07, 6.45) is 0. The molecule has 0 amide bonds. The molecule has 0 radical (unpaired) electrons. The molecule has 0 aliphatic rings. The highest BCUT2D eigenvalue weighted by Crippen LogP contribution is 2.23. The Kier molecular flexibility index (Phi) is 2.49. The zero-order valence-corrected chi connectivity index (χ0v) is 9.32. The summed E-state index contributed by atoms with van der Waals surface area (Å²) in [6.45, 7) is 6.03. The molecule has 1 heterocycles. The lowest BCUT2D eigenvalue weighted by Gasteiger charge is -2.10. The summed E-state index contributed by atoms with van der Waals surface area (Å²) in [5.74, 6) is 0.878. The maximum atomic E-state index is 5.82. The summed E-state index contributed by atoms with van der Waals surface area (Å²) in [4.78, 5) is 4.43. The molecule has 2 N–H and O–H groups in total. The van der Waals surface area contributed by atoms with Crippen LogP contribution in [0.1, 0.15) is 31.2 Å². The second-order valence-corrected chi connectivity index (χ2v) is 4.17. The van der Waals surface area contributed by atoms with Crippen molar-refractivity contribution in [1.29, 1.82) is 0 Å². The summed E-state index contributed by atoms with van der Waals surface area (Å²) in [6, 6.07) is 6.07. The van der Waals surface area contributed by atoms with Gasteiger partial charge < -0.3 is 10.2 Å². The van der Waals surface area contributed by atoms with Gasteiger partial charge in [0.05, 0.1) is 0 Å². The highest BCUT2D eigenvalue weighted by molar-refractivity contribution is 5.73. The van der Waals surface area contributed by atoms with Crippen molar-refractivity contribution in [2.24, 2.45) is 5.73 Å². The van der Waals surface area contributed by atoms with Gasteiger partial charge in [0.15, 0.2) is 11.5 Å². The Morgan fingerprint density at radius 3 is 2.73 bits per heavy atom. The summed E-state index contributed by atoms with van der Waals surface area (Å²) < 4.78 is 5.68. The number of aromatic nitrogens is 1. The van der Waals surface area contributed by atoms with Gasteiger partial charge in [-0.25, -0.2) is 4.98 Å². The predicted octanol–water partition coefficient (Wildman–Crippen LogP) is 2.59. The molecule has 0 saturated carbocycles. The van der Waals surface area contributed by atoms with E-state index in [-0.39, 0.29) is 12.0 Å². The van der Waals surface area contributed by atoms with Gasteiger partial charge in [-0.2, -0.15) is 0 Å². The van der Waals surface area contributed by atoms with Crippen LogP contribution in [0, 0.1) is 6.92 Å². The molecule has 0 bridgehead atoms. The van der Waals surface area contributed by atoms with Crippen molar-refractivity contribution in [2.45, 2.75) is 32.7 Å². The van der Waals surface area contributed by atoms with Gasteiger partial charge in [0, 0.05) is 12.0 Å². The van der Waals surface area contributed by atoms with Crippen LogP contribution in [-0.4, -0.2) is 11.0 Å². The van der Waals surface area contributed by atoms with Crippen molar-refractivity contribution >= 4 is 11.1 Å². The van der Waals surface area contributed by atoms with E-state index in [1.54, 1.807) is 0 Å². The molecule has 2 aromatic rings. The van der Waals surface area contributed by atoms with Crippen molar-refractivity contribution in [1.82, 2.24) is 4.98 Å². The highest BCUT2D eigenvalue weighted by atomic mass is 16.3. The third kappa shape index (κ3) is 1.88. The first-order chi connectivity index (χ1) is 7.08. The lowest BCUT2D eigenvalue weighted by Crippen LogP contribution is -2.22. The molecule has 0 saturated heterocycles. The minimum Gasteiger partial charge on any atom is -0.440 e. The van der Waals surface area contributed by atoms with Crippen LogP contribution in [0.25, 0.3) is 11.1 Å². The normalized spacial score (nSPS) is 15.5. The van der Waals surface area contributed by atoms with E-state index >= 15 is 0 Å². The fourth-order valence-electron chi connectivity index (χ4n) is 1.47. The minimum absolute atomic E-state index is 0.0548. The standard InChI is InChI=1S/C12H16N2O/c1-7-4-5-10-11(6-7)15-12(14-10)8(2)9(3)13/h4-6,8-9H,13H2,1-3H3. The number of benzene rings is 1. The molecule has 3 heteroatoms. The van der Waals surface area contributed by atoms with Crippen molar-refractivity contribution in [2.75, 3.05) is 0 Å². The molecule has 80 valence electrons. The number of fused-ring (bicyclic) bond motifs is 1. The first kappa shape index (κ1) is 10.2. The summed E-state index contributed by atoms with van der Waals surface area (Å²) >= 11 is 0. The van der Waals surface area contributed by atoms with E-state index in [1.165, 1.54) is 5.56 Å². The Bertz CT molecular complexity index is 473. The number of nitrogens with two attached hydrogens (primary N) is 1. The molecule has 1 aromatic carbocycles. The van der Waals surface area contributed by atoms with Gasteiger partial charge in [0.2, 0.25) is 0 Å². The summed E-state index contributed by atoms with van der Waals surface area (Å²) in [5.41, 5.74) is 8.75. The third-order valence-corrected chi connectivity index (χ3v) is 2.74. The topological polar surface area (TPSA) is 52.0 Å². The first-order valence-corrected chi connectivity index (χ1v) is 5.20. The number of rotatable bonds is 2. The molecule has 2 atom stereocenters. The number of aryl methyl sites for hydroxylation is 1. The zero-order valence-electron chi connectivity index (χ0n) is 9.32. The molecular weight excluding hydrogens is 188 g/mol. The highest BCUT2D eigenvalue weighted by Gasteiger charge is 2.16. The molecule has 0 aliphatic carbocycles. The molecule has 2 unspecified atom stereocenters. The monoisotopic (exact) mass is 204 g/mol. The van der Waals surface area contributed by atoms with Gasteiger partial charge in [0.25, 0.3) is 0 Å².